The van der Waals surface area contributed by atoms with Gasteiger partial charge in [-0.25, -0.2) is 5.48 Å². The van der Waals surface area contributed by atoms with Crippen molar-refractivity contribution in [2.45, 2.75) is 25.4 Å². The summed E-state index contributed by atoms with van der Waals surface area (Å²) in [5.74, 6) is 0.00553. The minimum atomic E-state index is -0.606. The van der Waals surface area contributed by atoms with Gasteiger partial charge in [0, 0.05) is 18.2 Å². The zero-order chi connectivity index (χ0) is 20.4. The Labute approximate surface area is 169 Å². The Balaban J connectivity index is 1.70. The molecular weight excluding hydrogens is 372 g/mol. The van der Waals surface area contributed by atoms with Gasteiger partial charge in [0.05, 0.1) is 24.6 Å². The molecule has 2 N–H and O–H groups in total. The highest BCUT2D eigenvalue weighted by atomic mass is 16.5. The molecule has 1 saturated carbocycles. The molecule has 7 nitrogen and oxygen atoms in total. The molecule has 1 atom stereocenters. The normalized spacial score (nSPS) is 19.5. The molecule has 4 rings (SSSR count). The van der Waals surface area contributed by atoms with E-state index in [-0.39, 0.29) is 18.6 Å². The lowest BCUT2D eigenvalue weighted by Gasteiger charge is -2.32. The van der Waals surface area contributed by atoms with Crippen molar-refractivity contribution in [1.82, 2.24) is 10.4 Å². The van der Waals surface area contributed by atoms with Crippen LogP contribution in [0.5, 0.6) is 5.75 Å². The summed E-state index contributed by atoms with van der Waals surface area (Å²) < 4.78 is 11.4. The van der Waals surface area contributed by atoms with Crippen LogP contribution in [0.25, 0.3) is 0 Å². The van der Waals surface area contributed by atoms with Crippen molar-refractivity contribution < 1.29 is 24.3 Å². The minimum absolute atomic E-state index is 0.0711. The van der Waals surface area contributed by atoms with Gasteiger partial charge in [0.1, 0.15) is 12.4 Å². The third kappa shape index (κ3) is 3.71. The van der Waals surface area contributed by atoms with Gasteiger partial charge in [-0.05, 0) is 30.5 Å². The lowest BCUT2D eigenvalue weighted by atomic mass is 10.0. The summed E-state index contributed by atoms with van der Waals surface area (Å²) in [5, 5.41) is 8.90. The Morgan fingerprint density at radius 3 is 2.66 bits per heavy atom. The van der Waals surface area contributed by atoms with Crippen LogP contribution in [0, 0.1) is 5.41 Å². The number of fused-ring (bicyclic) bond motifs is 1. The van der Waals surface area contributed by atoms with Gasteiger partial charge in [0.15, 0.2) is 0 Å². The van der Waals surface area contributed by atoms with Crippen molar-refractivity contribution in [1.29, 1.82) is 0 Å². The molecule has 2 aromatic rings. The number of nitrogens with zero attached hydrogens (tertiary/aromatic N) is 1. The summed E-state index contributed by atoms with van der Waals surface area (Å²) in [6.07, 6.45) is 1.64. The van der Waals surface area contributed by atoms with E-state index in [2.05, 4.69) is 0 Å². The Hall–Kier alpha value is -2.90. The van der Waals surface area contributed by atoms with E-state index in [1.165, 1.54) is 0 Å². The van der Waals surface area contributed by atoms with Crippen molar-refractivity contribution in [3.8, 4) is 5.75 Å². The molecule has 7 heteroatoms. The molecule has 2 amide bonds. The molecule has 1 aliphatic carbocycles. The molecule has 1 aliphatic heterocycles. The summed E-state index contributed by atoms with van der Waals surface area (Å²) in [5.41, 5.74) is 3.29. The Bertz CT molecular complexity index is 911. The molecule has 0 aromatic heterocycles. The zero-order valence-electron chi connectivity index (χ0n) is 16.3. The average molecular weight is 396 g/mol. The minimum Gasteiger partial charge on any atom is -0.491 e. The van der Waals surface area contributed by atoms with Gasteiger partial charge in [-0.1, -0.05) is 36.4 Å². The summed E-state index contributed by atoms with van der Waals surface area (Å²) in [4.78, 5) is 27.2. The van der Waals surface area contributed by atoms with E-state index in [0.29, 0.717) is 24.5 Å². The molecule has 0 unspecified atom stereocenters. The van der Waals surface area contributed by atoms with E-state index in [9.17, 15) is 9.59 Å². The van der Waals surface area contributed by atoms with Crippen molar-refractivity contribution in [2.24, 2.45) is 5.41 Å². The first kappa shape index (κ1) is 19.4. The summed E-state index contributed by atoms with van der Waals surface area (Å²) in [6, 6.07) is 14.5. The summed E-state index contributed by atoms with van der Waals surface area (Å²) in [6.45, 7) is 1.06. The highest BCUT2D eigenvalue weighted by Gasteiger charge is 2.53. The smallest absolute Gasteiger partial charge is 0.274 e. The number of hydroxylamine groups is 1. The van der Waals surface area contributed by atoms with Crippen LogP contribution in [-0.2, 0) is 16.1 Å². The third-order valence-electron chi connectivity index (χ3n) is 5.72. The van der Waals surface area contributed by atoms with E-state index in [0.717, 1.165) is 24.0 Å². The van der Waals surface area contributed by atoms with Crippen LogP contribution in [0.3, 0.4) is 0 Å². The highest BCUT2D eigenvalue weighted by molar-refractivity contribution is 5.94. The van der Waals surface area contributed by atoms with Gasteiger partial charge in [-0.2, -0.15) is 0 Å². The third-order valence-corrected chi connectivity index (χ3v) is 5.72. The van der Waals surface area contributed by atoms with E-state index in [1.807, 2.05) is 35.2 Å². The van der Waals surface area contributed by atoms with Gasteiger partial charge in [0.25, 0.3) is 5.91 Å². The van der Waals surface area contributed by atoms with Crippen LogP contribution >= 0.6 is 0 Å². The van der Waals surface area contributed by atoms with Crippen LogP contribution in [0.15, 0.2) is 48.5 Å². The summed E-state index contributed by atoms with van der Waals surface area (Å²) >= 11 is 0. The fraction of sp³-hybridized carbons (Fsp3) is 0.364. The van der Waals surface area contributed by atoms with Gasteiger partial charge >= 0.3 is 0 Å². The van der Waals surface area contributed by atoms with Gasteiger partial charge in [0.2, 0.25) is 5.91 Å². The maximum Gasteiger partial charge on any atom is 0.274 e. The predicted octanol–water partition coefficient (Wildman–Crippen LogP) is 2.69. The number of rotatable bonds is 5. The van der Waals surface area contributed by atoms with Crippen molar-refractivity contribution in [3.63, 3.8) is 0 Å². The van der Waals surface area contributed by atoms with Crippen LogP contribution < -0.4 is 10.2 Å². The number of hydrogen-bond donors (Lipinski definition) is 2. The maximum absolute atomic E-state index is 13.5. The Morgan fingerprint density at radius 1 is 1.24 bits per heavy atom. The number of ether oxygens (including phenoxy) is 2. The highest BCUT2D eigenvalue weighted by Crippen LogP contribution is 2.49. The SMILES string of the molecule is COCC1(C(=O)N2Cc3ccc(C(=O)NO)cc3OC[C@@H]2c2ccccc2)CC1. The van der Waals surface area contributed by atoms with Gasteiger partial charge in [-0.3, -0.25) is 14.8 Å². The fourth-order valence-electron chi connectivity index (χ4n) is 3.89. The second-order valence-corrected chi connectivity index (χ2v) is 7.65. The number of hydrogen-bond acceptors (Lipinski definition) is 5. The second-order valence-electron chi connectivity index (χ2n) is 7.65. The van der Waals surface area contributed by atoms with E-state index in [4.69, 9.17) is 14.7 Å². The van der Waals surface area contributed by atoms with Crippen molar-refractivity contribution in [2.75, 3.05) is 20.3 Å². The number of benzene rings is 2. The van der Waals surface area contributed by atoms with Crippen LogP contribution in [0.4, 0.5) is 0 Å². The first-order valence-electron chi connectivity index (χ1n) is 9.63. The Morgan fingerprint density at radius 2 is 2.00 bits per heavy atom. The fourth-order valence-corrected chi connectivity index (χ4v) is 3.89. The number of amides is 2. The van der Waals surface area contributed by atoms with Crippen LogP contribution in [-0.4, -0.2) is 42.2 Å². The topological polar surface area (TPSA) is 88.1 Å². The van der Waals surface area contributed by atoms with Crippen LogP contribution in [0.1, 0.15) is 40.4 Å². The van der Waals surface area contributed by atoms with E-state index < -0.39 is 11.3 Å². The quantitative estimate of drug-likeness (QED) is 0.599. The first-order chi connectivity index (χ1) is 14.1. The predicted molar refractivity (Wildman–Crippen MR) is 104 cm³/mol. The molecule has 1 heterocycles. The summed E-state index contributed by atoms with van der Waals surface area (Å²) in [7, 11) is 1.62. The number of carbonyl (C=O) groups is 2. The number of nitrogens with one attached hydrogen (secondary N) is 1. The standard InChI is InChI=1S/C22H24N2O5/c1-28-14-22(9-10-22)21(26)24-12-17-8-7-16(20(25)23-27)11-19(17)29-13-18(24)15-5-3-2-4-6-15/h2-8,11,18,27H,9-10,12-14H2,1H3,(H,23,25)/t18-/m1/s1. The van der Waals surface area contributed by atoms with E-state index >= 15 is 0 Å². The lowest BCUT2D eigenvalue weighted by molar-refractivity contribution is -0.142. The van der Waals surface area contributed by atoms with Gasteiger partial charge < -0.3 is 14.4 Å². The maximum atomic E-state index is 13.5. The lowest BCUT2D eigenvalue weighted by Crippen LogP contribution is -2.42. The molecule has 1 fully saturated rings. The molecule has 0 spiro atoms. The molecular formula is C22H24N2O5. The monoisotopic (exact) mass is 396 g/mol. The van der Waals surface area contributed by atoms with Gasteiger partial charge in [-0.15, -0.1) is 0 Å². The largest absolute Gasteiger partial charge is 0.491 e. The van der Waals surface area contributed by atoms with Crippen molar-refractivity contribution >= 4 is 11.8 Å². The average Bonchev–Trinajstić information content (AvgIpc) is 3.56. The molecule has 29 heavy (non-hydrogen) atoms. The van der Waals surface area contributed by atoms with Crippen LogP contribution in [0.2, 0.25) is 0 Å². The molecule has 2 aliphatic rings. The number of methoxy groups -OCH3 is 1. The molecule has 2 aromatic carbocycles. The van der Waals surface area contributed by atoms with E-state index in [1.54, 1.807) is 30.8 Å². The molecule has 0 bridgehead atoms. The molecule has 152 valence electrons. The Kier molecular flexibility index (Phi) is 5.25. The van der Waals surface area contributed by atoms with Crippen molar-refractivity contribution in [3.05, 3.63) is 65.2 Å². The second kappa shape index (κ2) is 7.85. The number of carbonyl (C=O) groups excluding carboxylic acids is 2. The molecule has 0 radical (unpaired) electrons. The molecule has 0 saturated heterocycles. The first-order valence-corrected chi connectivity index (χ1v) is 9.63. The zero-order valence-corrected chi connectivity index (χ0v) is 16.3.